The molecule has 1 N–H and O–H groups in total. The summed E-state index contributed by atoms with van der Waals surface area (Å²) in [4.78, 5) is 12.1. The first-order chi connectivity index (χ1) is 12.4. The number of rotatable bonds is 7. The van der Waals surface area contributed by atoms with Crippen LogP contribution in [-0.2, 0) is 21.2 Å². The molecule has 2 aromatic carbocycles. The van der Waals surface area contributed by atoms with E-state index in [9.17, 15) is 13.2 Å². The molecule has 7 heteroatoms. The molecule has 0 radical (unpaired) electrons. The summed E-state index contributed by atoms with van der Waals surface area (Å²) in [6, 6.07) is 17.9. The zero-order chi connectivity index (χ0) is 19.0. The van der Waals surface area contributed by atoms with Crippen LogP contribution in [0, 0.1) is 11.3 Å². The van der Waals surface area contributed by atoms with E-state index in [0.29, 0.717) is 12.1 Å². The van der Waals surface area contributed by atoms with Crippen LogP contribution < -0.4 is 5.32 Å². The van der Waals surface area contributed by atoms with E-state index in [1.54, 1.807) is 36.4 Å². The van der Waals surface area contributed by atoms with Crippen LogP contribution in [0.15, 0.2) is 60.0 Å². The average molecular weight is 369 g/mol. The fraction of sp³-hybridized carbons (Fsp3) is 0.158. The number of nitrogens with one attached hydrogen (secondary N) is 1. The van der Waals surface area contributed by atoms with Crippen molar-refractivity contribution in [3.8, 4) is 6.07 Å². The number of likely N-dealkylation sites (N-methyl/N-ethyl adjacent to an activating group) is 1. The Hall–Kier alpha value is -2.95. The van der Waals surface area contributed by atoms with Gasteiger partial charge in [-0.15, -0.1) is 0 Å². The lowest BCUT2D eigenvalue weighted by Gasteiger charge is -2.14. The summed E-state index contributed by atoms with van der Waals surface area (Å²) >= 11 is 0. The average Bonchev–Trinajstić information content (AvgIpc) is 2.63. The standard InChI is InChI=1S/C19H19N3O3S/c1-22(26(24,25)14-12-16-5-3-2-4-6-16)15-19(23)21-18-9-7-17(8-10-18)11-13-20/h2-10,12,14H,11,15H2,1H3,(H,21,23)/b14-12+. The van der Waals surface area contributed by atoms with E-state index in [4.69, 9.17) is 5.26 Å². The first-order valence-corrected chi connectivity index (χ1v) is 9.36. The Balaban J connectivity index is 1.95. The first kappa shape index (κ1) is 19.4. The fourth-order valence-corrected chi connectivity index (χ4v) is 2.96. The van der Waals surface area contributed by atoms with Crippen molar-refractivity contribution in [2.75, 3.05) is 18.9 Å². The molecular weight excluding hydrogens is 350 g/mol. The highest BCUT2D eigenvalue weighted by Gasteiger charge is 2.17. The minimum Gasteiger partial charge on any atom is -0.325 e. The lowest BCUT2D eigenvalue weighted by molar-refractivity contribution is -0.116. The molecule has 0 aliphatic carbocycles. The third-order valence-corrected chi connectivity index (χ3v) is 5.03. The maximum Gasteiger partial charge on any atom is 0.239 e. The molecule has 0 aromatic heterocycles. The topological polar surface area (TPSA) is 90.3 Å². The molecule has 26 heavy (non-hydrogen) atoms. The first-order valence-electron chi connectivity index (χ1n) is 7.86. The Bertz CT molecular complexity index is 915. The number of amides is 1. The monoisotopic (exact) mass is 369 g/mol. The quantitative estimate of drug-likeness (QED) is 0.812. The van der Waals surface area contributed by atoms with Crippen LogP contribution in [0.2, 0.25) is 0 Å². The van der Waals surface area contributed by atoms with E-state index in [0.717, 1.165) is 20.8 Å². The van der Waals surface area contributed by atoms with E-state index < -0.39 is 15.9 Å². The van der Waals surface area contributed by atoms with Gasteiger partial charge in [-0.1, -0.05) is 42.5 Å². The van der Waals surface area contributed by atoms with Gasteiger partial charge in [0.2, 0.25) is 15.9 Å². The van der Waals surface area contributed by atoms with Gasteiger partial charge < -0.3 is 5.32 Å². The van der Waals surface area contributed by atoms with Crippen LogP contribution in [0.1, 0.15) is 11.1 Å². The number of nitriles is 1. The second kappa shape index (κ2) is 8.94. The maximum atomic E-state index is 12.2. The molecule has 0 saturated carbocycles. The molecule has 0 unspecified atom stereocenters. The minimum absolute atomic E-state index is 0.295. The van der Waals surface area contributed by atoms with Crippen LogP contribution >= 0.6 is 0 Å². The molecule has 0 heterocycles. The number of hydrogen-bond donors (Lipinski definition) is 1. The van der Waals surface area contributed by atoms with Crippen molar-refractivity contribution >= 4 is 27.7 Å². The van der Waals surface area contributed by atoms with Crippen LogP contribution in [0.25, 0.3) is 6.08 Å². The van der Waals surface area contributed by atoms with E-state index in [1.165, 1.54) is 13.1 Å². The van der Waals surface area contributed by atoms with Gasteiger partial charge in [-0.3, -0.25) is 4.79 Å². The number of anilines is 1. The van der Waals surface area contributed by atoms with Gasteiger partial charge in [0.15, 0.2) is 0 Å². The molecule has 2 aromatic rings. The van der Waals surface area contributed by atoms with Gasteiger partial charge in [-0.05, 0) is 29.3 Å². The van der Waals surface area contributed by atoms with Gasteiger partial charge >= 0.3 is 0 Å². The summed E-state index contributed by atoms with van der Waals surface area (Å²) in [5.41, 5.74) is 2.14. The molecular formula is C19H19N3O3S. The third kappa shape index (κ3) is 5.84. The van der Waals surface area contributed by atoms with Gasteiger partial charge in [0.25, 0.3) is 0 Å². The zero-order valence-electron chi connectivity index (χ0n) is 14.3. The Morgan fingerprint density at radius 3 is 2.42 bits per heavy atom. The number of carbonyl (C=O) groups excluding carboxylic acids is 1. The molecule has 0 bridgehead atoms. The summed E-state index contributed by atoms with van der Waals surface area (Å²) < 4.78 is 25.5. The molecule has 0 aliphatic rings. The Kier molecular flexibility index (Phi) is 6.67. The van der Waals surface area contributed by atoms with Crippen molar-refractivity contribution in [3.63, 3.8) is 0 Å². The number of hydrogen-bond acceptors (Lipinski definition) is 4. The van der Waals surface area contributed by atoms with Gasteiger partial charge in [-0.25, -0.2) is 8.42 Å². The van der Waals surface area contributed by atoms with E-state index in [2.05, 4.69) is 5.32 Å². The van der Waals surface area contributed by atoms with Gasteiger partial charge in [-0.2, -0.15) is 9.57 Å². The maximum absolute atomic E-state index is 12.2. The van der Waals surface area contributed by atoms with Crippen molar-refractivity contribution < 1.29 is 13.2 Å². The fourth-order valence-electron chi connectivity index (χ4n) is 2.12. The van der Waals surface area contributed by atoms with E-state index in [-0.39, 0.29) is 6.54 Å². The molecule has 1 amide bonds. The van der Waals surface area contributed by atoms with Crippen LogP contribution in [-0.4, -0.2) is 32.2 Å². The van der Waals surface area contributed by atoms with E-state index >= 15 is 0 Å². The molecule has 0 fully saturated rings. The van der Waals surface area contributed by atoms with Crippen molar-refractivity contribution in [2.45, 2.75) is 6.42 Å². The SMILES string of the molecule is CN(CC(=O)Nc1ccc(CC#N)cc1)S(=O)(=O)/C=C/c1ccccc1. The molecule has 134 valence electrons. The second-order valence-corrected chi connectivity index (χ2v) is 7.52. The second-order valence-electron chi connectivity index (χ2n) is 5.59. The zero-order valence-corrected chi connectivity index (χ0v) is 15.1. The van der Waals surface area contributed by atoms with Crippen LogP contribution in [0.3, 0.4) is 0 Å². The highest BCUT2D eigenvalue weighted by atomic mass is 32.2. The molecule has 0 saturated heterocycles. The highest BCUT2D eigenvalue weighted by molar-refractivity contribution is 7.92. The number of sulfonamides is 1. The highest BCUT2D eigenvalue weighted by Crippen LogP contribution is 2.11. The van der Waals surface area contributed by atoms with Crippen molar-refractivity contribution in [3.05, 3.63) is 71.1 Å². The van der Waals surface area contributed by atoms with Crippen LogP contribution in [0.5, 0.6) is 0 Å². The van der Waals surface area contributed by atoms with Crippen molar-refractivity contribution in [1.29, 1.82) is 5.26 Å². The third-order valence-electron chi connectivity index (χ3n) is 3.55. The Morgan fingerprint density at radius 1 is 1.15 bits per heavy atom. The molecule has 6 nitrogen and oxygen atoms in total. The number of benzene rings is 2. The Labute approximate surface area is 153 Å². The summed E-state index contributed by atoms with van der Waals surface area (Å²) in [6.07, 6.45) is 1.78. The minimum atomic E-state index is -3.70. The molecule has 2 rings (SSSR count). The predicted molar refractivity (Wildman–Crippen MR) is 101 cm³/mol. The lowest BCUT2D eigenvalue weighted by Crippen LogP contribution is -2.33. The van der Waals surface area contributed by atoms with Gasteiger partial charge in [0.1, 0.15) is 0 Å². The Morgan fingerprint density at radius 2 is 1.81 bits per heavy atom. The normalized spacial score (nSPS) is 11.4. The number of carbonyl (C=O) groups is 1. The smallest absolute Gasteiger partial charge is 0.239 e. The largest absolute Gasteiger partial charge is 0.325 e. The molecule has 0 aliphatic heterocycles. The summed E-state index contributed by atoms with van der Waals surface area (Å²) in [5, 5.41) is 12.4. The number of nitrogens with zero attached hydrogens (tertiary/aromatic N) is 2. The van der Waals surface area contributed by atoms with Crippen molar-refractivity contribution in [1.82, 2.24) is 4.31 Å². The summed E-state index contributed by atoms with van der Waals surface area (Å²) in [6.45, 7) is -0.304. The predicted octanol–water partition coefficient (Wildman–Crippen LogP) is 2.62. The summed E-state index contributed by atoms with van der Waals surface area (Å²) in [7, 11) is -2.36. The van der Waals surface area contributed by atoms with Crippen molar-refractivity contribution in [2.24, 2.45) is 0 Å². The van der Waals surface area contributed by atoms with Gasteiger partial charge in [0, 0.05) is 18.1 Å². The molecule has 0 atom stereocenters. The van der Waals surface area contributed by atoms with E-state index in [1.807, 2.05) is 24.3 Å². The summed E-state index contributed by atoms with van der Waals surface area (Å²) in [5.74, 6) is -0.447. The lowest BCUT2D eigenvalue weighted by atomic mass is 10.1. The molecule has 0 spiro atoms. The van der Waals surface area contributed by atoms with Gasteiger partial charge in [0.05, 0.1) is 19.0 Å². The van der Waals surface area contributed by atoms with Crippen LogP contribution in [0.4, 0.5) is 5.69 Å².